The fraction of sp³-hybridized carbons (Fsp3) is 0.650. The summed E-state index contributed by atoms with van der Waals surface area (Å²) in [6, 6.07) is -1.12. The number of carbonyl (C=O) groups is 5. The molecule has 3 atom stereocenters. The number of hydrogen-bond acceptors (Lipinski definition) is 7. The quantitative estimate of drug-likeness (QED) is 0.455. The highest BCUT2D eigenvalue weighted by atomic mass is 16.5. The second-order valence-corrected chi connectivity index (χ2v) is 7.67. The van der Waals surface area contributed by atoms with E-state index in [1.807, 2.05) is 0 Å². The highest BCUT2D eigenvalue weighted by Gasteiger charge is 2.47. The third-order valence-electron chi connectivity index (χ3n) is 5.71. The molecule has 30 heavy (non-hydrogen) atoms. The van der Waals surface area contributed by atoms with Crippen molar-refractivity contribution in [3.05, 3.63) is 11.3 Å². The molecule has 2 aliphatic heterocycles. The highest BCUT2D eigenvalue weighted by molar-refractivity contribution is 6.05. The standard InChI is InChI=1S/C20H27N3O7/c1-3-29-19(27)16-11(2)21-20(28)22-14(16)10-30-15(24)8-9-23-17(25)12-6-4-5-7-13(12)18(23)26/h11-13H,3-10H2,1-2H3,(H2,21,22,28)/t11-,12+,13+/m1/s1. The first-order valence-electron chi connectivity index (χ1n) is 10.3. The van der Waals surface area contributed by atoms with Gasteiger partial charge in [0.05, 0.1) is 42.2 Å². The number of ether oxygens (including phenoxy) is 2. The summed E-state index contributed by atoms with van der Waals surface area (Å²) < 4.78 is 10.2. The van der Waals surface area contributed by atoms with Crippen LogP contribution in [0.15, 0.2) is 11.3 Å². The van der Waals surface area contributed by atoms with Gasteiger partial charge >= 0.3 is 18.0 Å². The van der Waals surface area contributed by atoms with Gasteiger partial charge in [0.1, 0.15) is 6.61 Å². The molecule has 10 nitrogen and oxygen atoms in total. The molecule has 3 aliphatic rings. The third-order valence-corrected chi connectivity index (χ3v) is 5.71. The van der Waals surface area contributed by atoms with Gasteiger partial charge in [0, 0.05) is 6.54 Å². The molecular formula is C20H27N3O7. The molecule has 2 N–H and O–H groups in total. The fourth-order valence-corrected chi connectivity index (χ4v) is 4.27. The summed E-state index contributed by atoms with van der Waals surface area (Å²) in [5, 5.41) is 5.02. The average molecular weight is 421 g/mol. The number of fused-ring (bicyclic) bond motifs is 1. The lowest BCUT2D eigenvalue weighted by molar-refractivity contribution is -0.146. The minimum absolute atomic E-state index is 0.0302. The normalized spacial score (nSPS) is 26.1. The third kappa shape index (κ3) is 4.47. The minimum Gasteiger partial charge on any atom is -0.463 e. The first kappa shape index (κ1) is 21.8. The van der Waals surface area contributed by atoms with Crippen LogP contribution < -0.4 is 10.6 Å². The molecule has 0 aromatic heterocycles. The Morgan fingerprint density at radius 2 is 1.70 bits per heavy atom. The van der Waals surface area contributed by atoms with E-state index in [4.69, 9.17) is 9.47 Å². The predicted octanol–water partition coefficient (Wildman–Crippen LogP) is 0.613. The van der Waals surface area contributed by atoms with Crippen molar-refractivity contribution >= 4 is 29.8 Å². The lowest BCUT2D eigenvalue weighted by Crippen LogP contribution is -2.50. The predicted molar refractivity (Wildman–Crippen MR) is 103 cm³/mol. The van der Waals surface area contributed by atoms with Gasteiger partial charge in [-0.05, 0) is 26.7 Å². The SMILES string of the molecule is CCOC(=O)C1=C(COC(=O)CCN2C(=O)[C@H]3CCCC[C@@H]3C2=O)NC(=O)N[C@@H]1C. The van der Waals surface area contributed by atoms with Crippen LogP contribution in [0.4, 0.5) is 4.79 Å². The molecule has 1 saturated heterocycles. The Hall–Kier alpha value is -2.91. The number of imide groups is 1. The van der Waals surface area contributed by atoms with E-state index >= 15 is 0 Å². The van der Waals surface area contributed by atoms with Gasteiger partial charge in [-0.3, -0.25) is 19.3 Å². The van der Waals surface area contributed by atoms with E-state index in [0.29, 0.717) is 12.8 Å². The van der Waals surface area contributed by atoms with Crippen LogP contribution in [0.5, 0.6) is 0 Å². The number of nitrogens with zero attached hydrogens (tertiary/aromatic N) is 1. The Kier molecular flexibility index (Phi) is 6.73. The zero-order valence-corrected chi connectivity index (χ0v) is 17.2. The summed E-state index contributed by atoms with van der Waals surface area (Å²) in [6.07, 6.45) is 3.15. The molecule has 2 fully saturated rings. The van der Waals surface area contributed by atoms with Gasteiger partial charge < -0.3 is 20.1 Å². The Bertz CT molecular complexity index is 767. The van der Waals surface area contributed by atoms with Crippen LogP contribution in [0.25, 0.3) is 0 Å². The number of likely N-dealkylation sites (tertiary alicyclic amines) is 1. The smallest absolute Gasteiger partial charge is 0.338 e. The molecule has 0 spiro atoms. The first-order valence-corrected chi connectivity index (χ1v) is 10.3. The van der Waals surface area contributed by atoms with Crippen LogP contribution in [0.3, 0.4) is 0 Å². The van der Waals surface area contributed by atoms with Gasteiger partial charge in [0.2, 0.25) is 11.8 Å². The van der Waals surface area contributed by atoms with Crippen LogP contribution in [0, 0.1) is 11.8 Å². The second kappa shape index (κ2) is 9.27. The largest absolute Gasteiger partial charge is 0.463 e. The van der Waals surface area contributed by atoms with Crippen molar-refractivity contribution in [2.45, 2.75) is 52.0 Å². The lowest BCUT2D eigenvalue weighted by Gasteiger charge is -2.26. The molecular weight excluding hydrogens is 394 g/mol. The zero-order chi connectivity index (χ0) is 21.8. The average Bonchev–Trinajstić information content (AvgIpc) is 2.95. The highest BCUT2D eigenvalue weighted by Crippen LogP contribution is 2.37. The summed E-state index contributed by atoms with van der Waals surface area (Å²) in [4.78, 5) is 62.2. The second-order valence-electron chi connectivity index (χ2n) is 7.67. The van der Waals surface area contributed by atoms with E-state index in [0.717, 1.165) is 12.8 Å². The Morgan fingerprint density at radius 3 is 2.30 bits per heavy atom. The number of nitrogens with one attached hydrogen (secondary N) is 2. The van der Waals surface area contributed by atoms with E-state index in [1.165, 1.54) is 4.90 Å². The van der Waals surface area contributed by atoms with Crippen molar-refractivity contribution < 1.29 is 33.4 Å². The van der Waals surface area contributed by atoms with Gasteiger partial charge in [0.25, 0.3) is 0 Å². The molecule has 4 amide bonds. The van der Waals surface area contributed by atoms with Crippen LogP contribution in [0.1, 0.15) is 46.0 Å². The van der Waals surface area contributed by atoms with Crippen molar-refractivity contribution in [1.82, 2.24) is 15.5 Å². The van der Waals surface area contributed by atoms with Gasteiger partial charge in [-0.15, -0.1) is 0 Å². The minimum atomic E-state index is -0.637. The number of amides is 4. The van der Waals surface area contributed by atoms with Crippen molar-refractivity contribution in [1.29, 1.82) is 0 Å². The summed E-state index contributed by atoms with van der Waals surface area (Å²) in [5.41, 5.74) is 0.329. The van der Waals surface area contributed by atoms with Crippen LogP contribution in [-0.2, 0) is 28.7 Å². The molecule has 2 heterocycles. The van der Waals surface area contributed by atoms with Crippen molar-refractivity contribution in [2.24, 2.45) is 11.8 Å². The van der Waals surface area contributed by atoms with E-state index < -0.39 is 24.0 Å². The Morgan fingerprint density at radius 1 is 1.07 bits per heavy atom. The summed E-state index contributed by atoms with van der Waals surface area (Å²) in [7, 11) is 0. The molecule has 1 aliphatic carbocycles. The zero-order valence-electron chi connectivity index (χ0n) is 17.2. The maximum absolute atomic E-state index is 12.5. The van der Waals surface area contributed by atoms with Crippen LogP contribution in [-0.4, -0.2) is 60.5 Å². The Labute approximate surface area is 174 Å². The lowest BCUT2D eigenvalue weighted by atomic mass is 9.81. The number of rotatable bonds is 7. The first-order chi connectivity index (χ1) is 14.3. The molecule has 0 aromatic rings. The maximum Gasteiger partial charge on any atom is 0.338 e. The van der Waals surface area contributed by atoms with Gasteiger partial charge in [-0.25, -0.2) is 9.59 Å². The monoisotopic (exact) mass is 421 g/mol. The fourth-order valence-electron chi connectivity index (χ4n) is 4.27. The van der Waals surface area contributed by atoms with Crippen LogP contribution >= 0.6 is 0 Å². The Balaban J connectivity index is 1.57. The number of esters is 2. The van der Waals surface area contributed by atoms with E-state index in [-0.39, 0.29) is 61.1 Å². The molecule has 0 aromatic carbocycles. The van der Waals surface area contributed by atoms with Crippen molar-refractivity contribution in [3.8, 4) is 0 Å². The van der Waals surface area contributed by atoms with E-state index in [9.17, 15) is 24.0 Å². The van der Waals surface area contributed by atoms with Gasteiger partial charge in [-0.1, -0.05) is 12.8 Å². The topological polar surface area (TPSA) is 131 Å². The molecule has 10 heteroatoms. The number of hydrogen-bond donors (Lipinski definition) is 2. The molecule has 0 bridgehead atoms. The van der Waals surface area contributed by atoms with Crippen molar-refractivity contribution in [3.63, 3.8) is 0 Å². The number of urea groups is 1. The van der Waals surface area contributed by atoms with Gasteiger partial charge in [0.15, 0.2) is 0 Å². The molecule has 0 radical (unpaired) electrons. The molecule has 1 saturated carbocycles. The number of carbonyl (C=O) groups excluding carboxylic acids is 5. The summed E-state index contributed by atoms with van der Waals surface area (Å²) in [6.45, 7) is 3.09. The van der Waals surface area contributed by atoms with E-state index in [1.54, 1.807) is 13.8 Å². The van der Waals surface area contributed by atoms with E-state index in [2.05, 4.69) is 10.6 Å². The molecule has 164 valence electrons. The van der Waals surface area contributed by atoms with Gasteiger partial charge in [-0.2, -0.15) is 0 Å². The van der Waals surface area contributed by atoms with Crippen LogP contribution in [0.2, 0.25) is 0 Å². The summed E-state index contributed by atoms with van der Waals surface area (Å²) in [5.74, 6) is -2.17. The summed E-state index contributed by atoms with van der Waals surface area (Å²) >= 11 is 0. The molecule has 3 rings (SSSR count). The molecule has 0 unspecified atom stereocenters. The maximum atomic E-state index is 12.5. The van der Waals surface area contributed by atoms with Crippen molar-refractivity contribution in [2.75, 3.05) is 19.8 Å².